The fourth-order valence-electron chi connectivity index (χ4n) is 1.42. The van der Waals surface area contributed by atoms with Crippen molar-refractivity contribution < 1.29 is 9.84 Å². The van der Waals surface area contributed by atoms with E-state index in [1.165, 1.54) is 0 Å². The first-order valence-electron chi connectivity index (χ1n) is 4.78. The Morgan fingerprint density at radius 1 is 1.43 bits per heavy atom. The Bertz CT molecular complexity index is 276. The smallest absolute Gasteiger partial charge is 0.122 e. The van der Waals surface area contributed by atoms with Gasteiger partial charge in [-0.3, -0.25) is 0 Å². The Kier molecular flexibility index (Phi) is 4.43. The van der Waals surface area contributed by atoms with Crippen LogP contribution in [0.1, 0.15) is 12.0 Å². The van der Waals surface area contributed by atoms with E-state index in [-0.39, 0.29) is 6.10 Å². The van der Waals surface area contributed by atoms with Crippen molar-refractivity contribution in [3.63, 3.8) is 0 Å². The molecule has 0 fully saturated rings. The Morgan fingerprint density at radius 3 is 2.79 bits per heavy atom. The summed E-state index contributed by atoms with van der Waals surface area (Å²) in [5.41, 5.74) is 6.39. The van der Waals surface area contributed by atoms with Crippen LogP contribution in [0.3, 0.4) is 0 Å². The van der Waals surface area contributed by atoms with Crippen LogP contribution < -0.4 is 10.5 Å². The van der Waals surface area contributed by atoms with Gasteiger partial charge < -0.3 is 15.6 Å². The average Bonchev–Trinajstić information content (AvgIpc) is 2.19. The largest absolute Gasteiger partial charge is 0.496 e. The summed E-state index contributed by atoms with van der Waals surface area (Å²) in [6.07, 6.45) is 0.843. The van der Waals surface area contributed by atoms with Crippen LogP contribution in [0, 0.1) is 0 Å². The average molecular weight is 195 g/mol. The van der Waals surface area contributed by atoms with Gasteiger partial charge in [-0.05, 0) is 24.6 Å². The third-order valence-electron chi connectivity index (χ3n) is 2.15. The Morgan fingerprint density at radius 2 is 2.14 bits per heavy atom. The van der Waals surface area contributed by atoms with Gasteiger partial charge >= 0.3 is 0 Å². The predicted octanol–water partition coefficient (Wildman–Crippen LogP) is 0.947. The van der Waals surface area contributed by atoms with Crippen molar-refractivity contribution >= 4 is 0 Å². The molecule has 1 atom stereocenters. The van der Waals surface area contributed by atoms with Gasteiger partial charge in [-0.15, -0.1) is 0 Å². The highest BCUT2D eigenvalue weighted by molar-refractivity contribution is 5.33. The van der Waals surface area contributed by atoms with Gasteiger partial charge in [-0.2, -0.15) is 0 Å². The molecule has 0 heterocycles. The number of aliphatic hydroxyl groups is 1. The van der Waals surface area contributed by atoms with Crippen LogP contribution in [0.5, 0.6) is 5.75 Å². The molecule has 1 aromatic rings. The molecule has 0 radical (unpaired) electrons. The van der Waals surface area contributed by atoms with E-state index in [2.05, 4.69) is 0 Å². The van der Waals surface area contributed by atoms with Crippen molar-refractivity contribution in [2.24, 2.45) is 5.73 Å². The molecule has 0 aromatic heterocycles. The Labute approximate surface area is 84.5 Å². The number of para-hydroxylation sites is 1. The molecule has 0 aliphatic heterocycles. The highest BCUT2D eigenvalue weighted by Gasteiger charge is 2.07. The maximum atomic E-state index is 9.59. The van der Waals surface area contributed by atoms with Crippen molar-refractivity contribution in [2.75, 3.05) is 13.7 Å². The van der Waals surface area contributed by atoms with E-state index in [0.29, 0.717) is 19.4 Å². The van der Waals surface area contributed by atoms with Crippen LogP contribution in [-0.4, -0.2) is 24.9 Å². The standard InChI is InChI=1S/C11H17NO2/c1-14-11-5-3-2-4-9(11)8-10(13)6-7-12/h2-5,10,13H,6-8,12H2,1H3. The zero-order valence-electron chi connectivity index (χ0n) is 8.44. The van der Waals surface area contributed by atoms with Gasteiger partial charge in [0, 0.05) is 6.42 Å². The summed E-state index contributed by atoms with van der Waals surface area (Å²) in [6.45, 7) is 0.510. The van der Waals surface area contributed by atoms with Crippen molar-refractivity contribution in [2.45, 2.75) is 18.9 Å². The molecule has 3 nitrogen and oxygen atoms in total. The molecular formula is C11H17NO2. The second-order valence-corrected chi connectivity index (χ2v) is 3.25. The van der Waals surface area contributed by atoms with Crippen LogP contribution >= 0.6 is 0 Å². The minimum atomic E-state index is -0.378. The summed E-state index contributed by atoms with van der Waals surface area (Å²) in [5.74, 6) is 0.823. The molecule has 0 saturated carbocycles. The first kappa shape index (κ1) is 11.0. The van der Waals surface area contributed by atoms with Crippen LogP contribution in [0.25, 0.3) is 0 Å². The number of rotatable bonds is 5. The van der Waals surface area contributed by atoms with Crippen molar-refractivity contribution in [1.82, 2.24) is 0 Å². The van der Waals surface area contributed by atoms with Gasteiger partial charge in [-0.1, -0.05) is 18.2 Å². The fourth-order valence-corrected chi connectivity index (χ4v) is 1.42. The van der Waals surface area contributed by atoms with Gasteiger partial charge in [0.05, 0.1) is 13.2 Å². The van der Waals surface area contributed by atoms with E-state index in [1.807, 2.05) is 24.3 Å². The van der Waals surface area contributed by atoms with Gasteiger partial charge in [0.15, 0.2) is 0 Å². The lowest BCUT2D eigenvalue weighted by atomic mass is 10.0. The number of nitrogens with two attached hydrogens (primary N) is 1. The summed E-state index contributed by atoms with van der Waals surface area (Å²) in [5, 5.41) is 9.59. The molecule has 0 saturated heterocycles. The zero-order chi connectivity index (χ0) is 10.4. The molecule has 14 heavy (non-hydrogen) atoms. The van der Waals surface area contributed by atoms with E-state index in [0.717, 1.165) is 11.3 Å². The molecule has 0 aliphatic rings. The maximum absolute atomic E-state index is 9.59. The van der Waals surface area contributed by atoms with Gasteiger partial charge in [0.2, 0.25) is 0 Å². The molecular weight excluding hydrogens is 178 g/mol. The topological polar surface area (TPSA) is 55.5 Å². The van der Waals surface area contributed by atoms with E-state index < -0.39 is 0 Å². The van der Waals surface area contributed by atoms with Gasteiger partial charge in [-0.25, -0.2) is 0 Å². The molecule has 1 rings (SSSR count). The SMILES string of the molecule is COc1ccccc1CC(O)CCN. The zero-order valence-corrected chi connectivity index (χ0v) is 8.44. The molecule has 78 valence electrons. The van der Waals surface area contributed by atoms with Crippen molar-refractivity contribution in [3.8, 4) is 5.75 Å². The number of methoxy groups -OCH3 is 1. The molecule has 3 N–H and O–H groups in total. The third kappa shape index (κ3) is 3.01. The molecule has 0 aliphatic carbocycles. The molecule has 1 aromatic carbocycles. The van der Waals surface area contributed by atoms with E-state index in [4.69, 9.17) is 10.5 Å². The lowest BCUT2D eigenvalue weighted by molar-refractivity contribution is 0.166. The molecule has 0 amide bonds. The van der Waals surface area contributed by atoms with E-state index >= 15 is 0 Å². The summed E-state index contributed by atoms with van der Waals surface area (Å²) in [7, 11) is 1.63. The molecule has 0 bridgehead atoms. The number of hydrogen-bond acceptors (Lipinski definition) is 3. The minimum absolute atomic E-state index is 0.378. The maximum Gasteiger partial charge on any atom is 0.122 e. The quantitative estimate of drug-likeness (QED) is 0.735. The monoisotopic (exact) mass is 195 g/mol. The Balaban J connectivity index is 2.65. The first-order valence-corrected chi connectivity index (χ1v) is 4.78. The van der Waals surface area contributed by atoms with Crippen molar-refractivity contribution in [3.05, 3.63) is 29.8 Å². The number of ether oxygens (including phenoxy) is 1. The van der Waals surface area contributed by atoms with Crippen LogP contribution in [0.2, 0.25) is 0 Å². The Hall–Kier alpha value is -1.06. The molecule has 3 heteroatoms. The normalized spacial score (nSPS) is 12.5. The second-order valence-electron chi connectivity index (χ2n) is 3.25. The lowest BCUT2D eigenvalue weighted by Gasteiger charge is -2.12. The fraction of sp³-hybridized carbons (Fsp3) is 0.455. The predicted molar refractivity (Wildman–Crippen MR) is 56.4 cm³/mol. The van der Waals surface area contributed by atoms with Gasteiger partial charge in [0.25, 0.3) is 0 Å². The van der Waals surface area contributed by atoms with Gasteiger partial charge in [0.1, 0.15) is 5.75 Å². The highest BCUT2D eigenvalue weighted by Crippen LogP contribution is 2.19. The highest BCUT2D eigenvalue weighted by atomic mass is 16.5. The lowest BCUT2D eigenvalue weighted by Crippen LogP contribution is -2.16. The van der Waals surface area contributed by atoms with E-state index in [1.54, 1.807) is 7.11 Å². The van der Waals surface area contributed by atoms with E-state index in [9.17, 15) is 5.11 Å². The summed E-state index contributed by atoms with van der Waals surface area (Å²) in [6, 6.07) is 7.70. The van der Waals surface area contributed by atoms with Crippen LogP contribution in [0.4, 0.5) is 0 Å². The third-order valence-corrected chi connectivity index (χ3v) is 2.15. The van der Waals surface area contributed by atoms with Crippen LogP contribution in [0.15, 0.2) is 24.3 Å². The van der Waals surface area contributed by atoms with Crippen molar-refractivity contribution in [1.29, 1.82) is 0 Å². The van der Waals surface area contributed by atoms with Crippen LogP contribution in [-0.2, 0) is 6.42 Å². The first-order chi connectivity index (χ1) is 6.77. The summed E-state index contributed by atoms with van der Waals surface area (Å²) >= 11 is 0. The summed E-state index contributed by atoms with van der Waals surface area (Å²) in [4.78, 5) is 0. The number of aliphatic hydroxyl groups excluding tert-OH is 1. The number of benzene rings is 1. The second kappa shape index (κ2) is 5.62. The minimum Gasteiger partial charge on any atom is -0.496 e. The molecule has 0 spiro atoms. The number of hydrogen-bond donors (Lipinski definition) is 2. The summed E-state index contributed by atoms with van der Waals surface area (Å²) < 4.78 is 5.18. The molecule has 1 unspecified atom stereocenters.